The van der Waals surface area contributed by atoms with Gasteiger partial charge in [0.2, 0.25) is 11.5 Å². The number of nitrogen functional groups attached to an aromatic ring is 1. The van der Waals surface area contributed by atoms with Crippen LogP contribution in [0.2, 0.25) is 0 Å². The number of aryl methyl sites for hydroxylation is 1. The SMILES string of the molecule is C=CC[n+]1c(N)c(C(=O)NCc2ccco2)cc2c(=O)n3cc(C)ccc3nc21. The van der Waals surface area contributed by atoms with Crippen LogP contribution < -0.4 is 21.2 Å². The van der Waals surface area contributed by atoms with Gasteiger partial charge in [-0.1, -0.05) is 23.7 Å². The fourth-order valence-corrected chi connectivity index (χ4v) is 3.23. The molecule has 8 heteroatoms. The molecule has 29 heavy (non-hydrogen) atoms. The van der Waals surface area contributed by atoms with E-state index in [2.05, 4.69) is 16.9 Å². The Morgan fingerprint density at radius 1 is 1.41 bits per heavy atom. The van der Waals surface area contributed by atoms with E-state index in [1.807, 2.05) is 13.0 Å². The molecule has 4 aromatic heterocycles. The molecule has 0 aliphatic rings. The number of furan rings is 1. The second-order valence-corrected chi connectivity index (χ2v) is 6.69. The summed E-state index contributed by atoms with van der Waals surface area (Å²) in [5.74, 6) is 0.407. The summed E-state index contributed by atoms with van der Waals surface area (Å²) in [6, 6.07) is 8.64. The average molecular weight is 390 g/mol. The van der Waals surface area contributed by atoms with E-state index < -0.39 is 5.91 Å². The normalized spacial score (nSPS) is 11.1. The Balaban J connectivity index is 1.90. The number of aromatic nitrogens is 3. The number of allylic oxidation sites excluding steroid dienone is 1. The average Bonchev–Trinajstić information content (AvgIpc) is 3.23. The predicted octanol–water partition coefficient (Wildman–Crippen LogP) is 1.73. The van der Waals surface area contributed by atoms with Gasteiger partial charge in [0.05, 0.1) is 19.4 Å². The van der Waals surface area contributed by atoms with Gasteiger partial charge in [-0.25, -0.2) is 4.57 Å². The van der Waals surface area contributed by atoms with Crippen molar-refractivity contribution >= 4 is 28.4 Å². The number of anilines is 1. The van der Waals surface area contributed by atoms with Crippen LogP contribution in [0.25, 0.3) is 16.7 Å². The van der Waals surface area contributed by atoms with Gasteiger partial charge in [-0.15, -0.1) is 0 Å². The summed E-state index contributed by atoms with van der Waals surface area (Å²) in [5.41, 5.74) is 8.03. The van der Waals surface area contributed by atoms with Crippen molar-refractivity contribution in [1.82, 2.24) is 14.7 Å². The molecule has 0 radical (unpaired) electrons. The zero-order valence-corrected chi connectivity index (χ0v) is 15.9. The highest BCUT2D eigenvalue weighted by Gasteiger charge is 2.24. The molecule has 4 rings (SSSR count). The number of nitrogens with zero attached hydrogens (tertiary/aromatic N) is 3. The Morgan fingerprint density at radius 2 is 2.24 bits per heavy atom. The standard InChI is InChI=1S/C21H19N5O3/c1-3-8-25-18(22)15(20(27)23-11-14-5-4-9-29-14)10-16-19(25)24-17-7-6-13(2)12-26(17)21(16)28/h3-7,9-10,12,22H,1,8,11H2,2H3,(H,23,27)/p+1. The van der Waals surface area contributed by atoms with E-state index in [4.69, 9.17) is 10.2 Å². The molecule has 1 amide bonds. The molecular weight excluding hydrogens is 370 g/mol. The van der Waals surface area contributed by atoms with Crippen molar-refractivity contribution in [1.29, 1.82) is 0 Å². The summed E-state index contributed by atoms with van der Waals surface area (Å²) in [5, 5.41) is 3.06. The molecule has 0 bridgehead atoms. The Morgan fingerprint density at radius 3 is 2.97 bits per heavy atom. The molecule has 0 fully saturated rings. The van der Waals surface area contributed by atoms with Crippen LogP contribution >= 0.6 is 0 Å². The lowest BCUT2D eigenvalue weighted by Crippen LogP contribution is -2.42. The van der Waals surface area contributed by atoms with Crippen molar-refractivity contribution in [3.05, 3.63) is 82.7 Å². The van der Waals surface area contributed by atoms with E-state index in [9.17, 15) is 9.59 Å². The maximum atomic E-state index is 13.1. The molecule has 8 nitrogen and oxygen atoms in total. The second-order valence-electron chi connectivity index (χ2n) is 6.69. The largest absolute Gasteiger partial charge is 0.467 e. The minimum absolute atomic E-state index is 0.192. The first-order chi connectivity index (χ1) is 14.0. The Kier molecular flexibility index (Phi) is 4.59. The number of pyridine rings is 2. The Hall–Kier alpha value is -3.94. The van der Waals surface area contributed by atoms with Gasteiger partial charge in [-0.05, 0) is 36.8 Å². The summed E-state index contributed by atoms with van der Waals surface area (Å²) in [6.45, 7) is 6.15. The third kappa shape index (κ3) is 3.25. The van der Waals surface area contributed by atoms with E-state index in [-0.39, 0.29) is 23.5 Å². The van der Waals surface area contributed by atoms with Gasteiger partial charge < -0.3 is 15.5 Å². The third-order valence-corrected chi connectivity index (χ3v) is 4.66. The molecular formula is C21H20N5O3+. The molecule has 146 valence electrons. The van der Waals surface area contributed by atoms with Gasteiger partial charge in [-0.2, -0.15) is 0 Å². The first-order valence-corrected chi connectivity index (χ1v) is 9.06. The molecule has 0 saturated heterocycles. The first kappa shape index (κ1) is 18.4. The number of rotatable bonds is 5. The van der Waals surface area contributed by atoms with Crippen molar-refractivity contribution in [2.24, 2.45) is 0 Å². The second kappa shape index (κ2) is 7.23. The molecule has 0 aliphatic carbocycles. The zero-order valence-electron chi connectivity index (χ0n) is 15.9. The number of hydrogen-bond acceptors (Lipinski definition) is 5. The van der Waals surface area contributed by atoms with Crippen LogP contribution in [-0.2, 0) is 13.1 Å². The number of fused-ring (bicyclic) bond motifs is 2. The highest BCUT2D eigenvalue weighted by atomic mass is 16.3. The number of carbonyl (C=O) groups excluding carboxylic acids is 1. The predicted molar refractivity (Wildman–Crippen MR) is 108 cm³/mol. The topological polar surface area (TPSA) is 107 Å². The molecule has 0 unspecified atom stereocenters. The molecule has 4 aromatic rings. The summed E-state index contributed by atoms with van der Waals surface area (Å²) in [7, 11) is 0. The molecule has 0 atom stereocenters. The summed E-state index contributed by atoms with van der Waals surface area (Å²) in [6.07, 6.45) is 4.89. The van der Waals surface area contributed by atoms with Crippen LogP contribution in [-0.4, -0.2) is 15.3 Å². The first-order valence-electron chi connectivity index (χ1n) is 9.06. The zero-order chi connectivity index (χ0) is 20.5. The van der Waals surface area contributed by atoms with E-state index in [1.165, 1.54) is 16.7 Å². The van der Waals surface area contributed by atoms with E-state index in [0.717, 1.165) is 5.56 Å². The fourth-order valence-electron chi connectivity index (χ4n) is 3.23. The van der Waals surface area contributed by atoms with Crippen molar-refractivity contribution in [3.8, 4) is 0 Å². The van der Waals surface area contributed by atoms with Crippen molar-refractivity contribution in [2.75, 3.05) is 5.73 Å². The van der Waals surface area contributed by atoms with Crippen molar-refractivity contribution in [3.63, 3.8) is 0 Å². The van der Waals surface area contributed by atoms with Gasteiger partial charge in [0.15, 0.2) is 0 Å². The summed E-state index contributed by atoms with van der Waals surface area (Å²) < 4.78 is 8.32. The Labute approximate surface area is 165 Å². The van der Waals surface area contributed by atoms with Gasteiger partial charge in [0.25, 0.3) is 17.1 Å². The van der Waals surface area contributed by atoms with E-state index in [1.54, 1.807) is 35.0 Å². The van der Waals surface area contributed by atoms with Gasteiger partial charge in [-0.3, -0.25) is 14.0 Å². The van der Waals surface area contributed by atoms with Gasteiger partial charge in [0.1, 0.15) is 16.7 Å². The Bertz CT molecular complexity index is 1310. The van der Waals surface area contributed by atoms with Gasteiger partial charge >= 0.3 is 0 Å². The van der Waals surface area contributed by atoms with Crippen LogP contribution in [0.4, 0.5) is 5.82 Å². The van der Waals surface area contributed by atoms with Crippen LogP contribution in [0, 0.1) is 6.92 Å². The minimum atomic E-state index is -0.410. The summed E-state index contributed by atoms with van der Waals surface area (Å²) in [4.78, 5) is 30.5. The van der Waals surface area contributed by atoms with Crippen LogP contribution in [0.1, 0.15) is 21.7 Å². The number of hydrogen-bond donors (Lipinski definition) is 2. The van der Waals surface area contributed by atoms with Crippen LogP contribution in [0.15, 0.2) is 64.7 Å². The number of nitrogens with one attached hydrogen (secondary N) is 1. The lowest BCUT2D eigenvalue weighted by molar-refractivity contribution is -0.648. The maximum Gasteiger partial charge on any atom is 0.278 e. The molecule has 3 N–H and O–H groups in total. The molecule has 4 heterocycles. The number of nitrogens with two attached hydrogens (primary N) is 1. The monoisotopic (exact) mass is 390 g/mol. The highest BCUT2D eigenvalue weighted by Crippen LogP contribution is 2.15. The van der Waals surface area contributed by atoms with Gasteiger partial charge in [0, 0.05) is 6.20 Å². The highest BCUT2D eigenvalue weighted by molar-refractivity contribution is 6.00. The maximum absolute atomic E-state index is 13.1. The van der Waals surface area contributed by atoms with Crippen molar-refractivity contribution in [2.45, 2.75) is 20.0 Å². The molecule has 0 aromatic carbocycles. The third-order valence-electron chi connectivity index (χ3n) is 4.66. The van der Waals surface area contributed by atoms with Crippen LogP contribution in [0.3, 0.4) is 0 Å². The lowest BCUT2D eigenvalue weighted by Gasteiger charge is -2.11. The summed E-state index contributed by atoms with van der Waals surface area (Å²) >= 11 is 0. The molecule has 0 aliphatic heterocycles. The minimum Gasteiger partial charge on any atom is -0.467 e. The molecule has 0 spiro atoms. The molecule has 0 saturated carbocycles. The number of amides is 1. The van der Waals surface area contributed by atoms with E-state index >= 15 is 0 Å². The lowest BCUT2D eigenvalue weighted by atomic mass is 10.1. The fraction of sp³-hybridized carbons (Fsp3) is 0.143. The van der Waals surface area contributed by atoms with Crippen molar-refractivity contribution < 1.29 is 13.8 Å². The smallest absolute Gasteiger partial charge is 0.278 e. The number of carbonyl (C=O) groups is 1. The van der Waals surface area contributed by atoms with E-state index in [0.29, 0.717) is 29.0 Å². The van der Waals surface area contributed by atoms with Crippen LogP contribution in [0.5, 0.6) is 0 Å². The quantitative estimate of drug-likeness (QED) is 0.307.